The van der Waals surface area contributed by atoms with Crippen molar-refractivity contribution < 1.29 is 45.8 Å². The monoisotopic (exact) mass is 725 g/mol. The van der Waals surface area contributed by atoms with Crippen LogP contribution < -0.4 is 19.5 Å². The van der Waals surface area contributed by atoms with Gasteiger partial charge in [-0.05, 0) is 67.1 Å². The highest BCUT2D eigenvalue weighted by Crippen LogP contribution is 2.36. The summed E-state index contributed by atoms with van der Waals surface area (Å²) in [4.78, 5) is 34.7. The molecular formula is C33H26F3N5O7S2. The molecule has 6 aromatic rings. The lowest BCUT2D eigenvalue weighted by molar-refractivity contribution is -0.139. The van der Waals surface area contributed by atoms with Gasteiger partial charge in [0.15, 0.2) is 18.3 Å². The van der Waals surface area contributed by atoms with Crippen LogP contribution in [0.5, 0.6) is 11.5 Å². The van der Waals surface area contributed by atoms with Gasteiger partial charge in [-0.3, -0.25) is 19.5 Å². The van der Waals surface area contributed by atoms with Crippen molar-refractivity contribution in [2.24, 2.45) is 0 Å². The standard InChI is InChI=1S/C21H18N4O4S2.C12H8F3NO3/c1-14-3-2-4-17-18(9-10-22-20(14)17)29-13-19(26)24-15-5-7-16(8-6-15)31(27,28)25-21-23-11-12-30-21;13-12(14,15)8-3-1-2-7-9(19-6-10(17)18)4-5-16-11(7)8/h2-12H,13H2,1H3,(H,23,25)(H,24,26);1-5H,6H2,(H,17,18). The number of thiazole rings is 1. The third-order valence-electron chi connectivity index (χ3n) is 6.78. The zero-order valence-corrected chi connectivity index (χ0v) is 27.5. The van der Waals surface area contributed by atoms with Crippen molar-refractivity contribution in [2.75, 3.05) is 23.3 Å². The highest BCUT2D eigenvalue weighted by atomic mass is 32.2. The van der Waals surface area contributed by atoms with E-state index in [2.05, 4.69) is 25.0 Å². The number of carboxylic acids is 1. The number of anilines is 2. The number of amides is 1. The van der Waals surface area contributed by atoms with Crippen molar-refractivity contribution in [1.82, 2.24) is 15.0 Å². The number of carbonyl (C=O) groups excluding carboxylic acids is 1. The fourth-order valence-electron chi connectivity index (χ4n) is 4.57. The minimum Gasteiger partial charge on any atom is -0.483 e. The summed E-state index contributed by atoms with van der Waals surface area (Å²) in [5.74, 6) is -0.955. The third-order valence-corrected chi connectivity index (χ3v) is 8.95. The van der Waals surface area contributed by atoms with E-state index in [1.54, 1.807) is 17.6 Å². The maximum atomic E-state index is 12.8. The van der Waals surface area contributed by atoms with E-state index >= 15 is 0 Å². The van der Waals surface area contributed by atoms with Gasteiger partial charge in [-0.2, -0.15) is 13.2 Å². The topological polar surface area (TPSA) is 170 Å². The van der Waals surface area contributed by atoms with Crippen LogP contribution >= 0.6 is 11.3 Å². The molecule has 0 aliphatic rings. The molecule has 0 aliphatic heterocycles. The summed E-state index contributed by atoms with van der Waals surface area (Å²) in [5, 5.41) is 14.1. The lowest BCUT2D eigenvalue weighted by Crippen LogP contribution is -2.20. The number of alkyl halides is 3. The van der Waals surface area contributed by atoms with Crippen LogP contribution in [-0.4, -0.2) is 53.6 Å². The number of hydrogen-bond acceptors (Lipinski definition) is 10. The number of aliphatic carboxylic acids is 1. The number of pyridine rings is 2. The van der Waals surface area contributed by atoms with Gasteiger partial charge in [-0.1, -0.05) is 18.2 Å². The Bertz CT molecular complexity index is 2250. The van der Waals surface area contributed by atoms with Crippen molar-refractivity contribution in [1.29, 1.82) is 0 Å². The van der Waals surface area contributed by atoms with Gasteiger partial charge >= 0.3 is 12.1 Å². The first kappa shape index (κ1) is 35.5. The van der Waals surface area contributed by atoms with Gasteiger partial charge in [0.25, 0.3) is 15.9 Å². The molecule has 12 nitrogen and oxygen atoms in total. The minimum absolute atomic E-state index is 0.0542. The van der Waals surface area contributed by atoms with E-state index in [0.717, 1.165) is 28.7 Å². The summed E-state index contributed by atoms with van der Waals surface area (Å²) in [5.41, 5.74) is 1.15. The number of aryl methyl sites for hydroxylation is 1. The van der Waals surface area contributed by atoms with E-state index in [9.17, 15) is 31.2 Å². The number of ether oxygens (including phenoxy) is 2. The molecule has 6 rings (SSSR count). The summed E-state index contributed by atoms with van der Waals surface area (Å²) < 4.78 is 76.1. The smallest absolute Gasteiger partial charge is 0.418 e. The Balaban J connectivity index is 0.000000219. The van der Waals surface area contributed by atoms with Crippen molar-refractivity contribution in [3.8, 4) is 11.5 Å². The van der Waals surface area contributed by atoms with Gasteiger partial charge in [0, 0.05) is 40.4 Å². The first-order chi connectivity index (χ1) is 23.8. The van der Waals surface area contributed by atoms with E-state index in [0.29, 0.717) is 11.4 Å². The van der Waals surface area contributed by atoms with Crippen LogP contribution in [0.4, 0.5) is 24.0 Å². The molecule has 0 unspecified atom stereocenters. The first-order valence-electron chi connectivity index (χ1n) is 14.4. The number of benzene rings is 3. The molecule has 0 aliphatic carbocycles. The van der Waals surface area contributed by atoms with Crippen molar-refractivity contribution >= 4 is 65.9 Å². The fraction of sp³-hybridized carbons (Fsp3) is 0.121. The molecule has 0 bridgehead atoms. The highest BCUT2D eigenvalue weighted by molar-refractivity contribution is 7.93. The number of carboxylic acid groups (broad SMARTS) is 1. The average molecular weight is 726 g/mol. The quantitative estimate of drug-likeness (QED) is 0.141. The van der Waals surface area contributed by atoms with Crippen molar-refractivity contribution in [3.05, 3.63) is 108 Å². The zero-order valence-electron chi connectivity index (χ0n) is 25.8. The normalized spacial score (nSPS) is 11.4. The lowest BCUT2D eigenvalue weighted by Gasteiger charge is -2.11. The molecule has 1 amide bonds. The van der Waals surface area contributed by atoms with E-state index < -0.39 is 34.3 Å². The molecule has 3 N–H and O–H groups in total. The molecule has 17 heteroatoms. The number of hydrogen-bond donors (Lipinski definition) is 3. The summed E-state index contributed by atoms with van der Waals surface area (Å²) in [6.45, 7) is 1.14. The third kappa shape index (κ3) is 8.80. The molecule has 0 radical (unpaired) electrons. The SMILES string of the molecule is Cc1cccc2c(OCC(=O)Nc3ccc(S(=O)(=O)Nc4nccs4)cc3)ccnc12.O=C(O)COc1ccnc2c(C(F)(F)F)cccc12. The van der Waals surface area contributed by atoms with Crippen LogP contribution in [0, 0.1) is 6.92 Å². The lowest BCUT2D eigenvalue weighted by atomic mass is 10.1. The van der Waals surface area contributed by atoms with E-state index in [1.807, 2.05) is 25.1 Å². The van der Waals surface area contributed by atoms with Gasteiger partial charge < -0.3 is 19.9 Å². The molecule has 3 aromatic heterocycles. The fourth-order valence-corrected chi connectivity index (χ4v) is 6.36. The van der Waals surface area contributed by atoms with Crippen LogP contribution in [0.1, 0.15) is 11.1 Å². The van der Waals surface area contributed by atoms with Crippen molar-refractivity contribution in [2.45, 2.75) is 18.0 Å². The molecular weight excluding hydrogens is 700 g/mol. The molecule has 50 heavy (non-hydrogen) atoms. The minimum atomic E-state index is -4.53. The molecule has 3 heterocycles. The van der Waals surface area contributed by atoms with Gasteiger partial charge in [-0.15, -0.1) is 11.3 Å². The van der Waals surface area contributed by atoms with Crippen LogP contribution in [0.2, 0.25) is 0 Å². The number of nitrogens with one attached hydrogen (secondary N) is 2. The average Bonchev–Trinajstić information content (AvgIpc) is 3.59. The summed E-state index contributed by atoms with van der Waals surface area (Å²) in [6.07, 6.45) is -0.229. The van der Waals surface area contributed by atoms with Gasteiger partial charge in [-0.25, -0.2) is 18.2 Å². The molecule has 0 saturated heterocycles. The van der Waals surface area contributed by atoms with Crippen LogP contribution in [0.15, 0.2) is 102 Å². The Morgan fingerprint density at radius 2 is 1.44 bits per heavy atom. The van der Waals surface area contributed by atoms with Gasteiger partial charge in [0.05, 0.1) is 21.5 Å². The number of carbonyl (C=O) groups is 2. The molecule has 0 fully saturated rings. The Labute approximate surface area is 286 Å². The molecule has 0 saturated carbocycles. The maximum Gasteiger partial charge on any atom is 0.418 e. The second-order valence-corrected chi connectivity index (χ2v) is 12.9. The largest absolute Gasteiger partial charge is 0.483 e. The molecule has 0 spiro atoms. The van der Waals surface area contributed by atoms with Gasteiger partial charge in [0.1, 0.15) is 11.5 Å². The van der Waals surface area contributed by atoms with E-state index in [-0.39, 0.29) is 39.2 Å². The number of fused-ring (bicyclic) bond motifs is 2. The number of halogens is 3. The Kier molecular flexibility index (Phi) is 10.8. The summed E-state index contributed by atoms with van der Waals surface area (Å²) in [7, 11) is -3.74. The number of aromatic nitrogens is 3. The maximum absolute atomic E-state index is 12.8. The van der Waals surface area contributed by atoms with Crippen LogP contribution in [-0.2, 0) is 25.8 Å². The van der Waals surface area contributed by atoms with Crippen LogP contribution in [0.25, 0.3) is 21.8 Å². The number of sulfonamides is 1. The number of rotatable bonds is 10. The highest BCUT2D eigenvalue weighted by Gasteiger charge is 2.33. The van der Waals surface area contributed by atoms with E-state index in [1.165, 1.54) is 60.0 Å². The molecule has 258 valence electrons. The second-order valence-electron chi connectivity index (χ2n) is 10.3. The van der Waals surface area contributed by atoms with Crippen LogP contribution in [0.3, 0.4) is 0 Å². The van der Waals surface area contributed by atoms with Crippen molar-refractivity contribution in [3.63, 3.8) is 0 Å². The number of nitrogens with zero attached hydrogens (tertiary/aromatic N) is 3. The number of para-hydroxylation sites is 2. The molecule has 0 atom stereocenters. The summed E-state index contributed by atoms with van der Waals surface area (Å²) in [6, 6.07) is 18.2. The Hall–Kier alpha value is -5.81. The first-order valence-corrected chi connectivity index (χ1v) is 16.8. The molecule has 3 aromatic carbocycles. The summed E-state index contributed by atoms with van der Waals surface area (Å²) >= 11 is 1.18. The predicted molar refractivity (Wildman–Crippen MR) is 180 cm³/mol. The van der Waals surface area contributed by atoms with Gasteiger partial charge in [0.2, 0.25) is 0 Å². The predicted octanol–water partition coefficient (Wildman–Crippen LogP) is 6.54. The Morgan fingerprint density at radius 1 is 0.820 bits per heavy atom. The second kappa shape index (κ2) is 15.2. The Morgan fingerprint density at radius 3 is 2.06 bits per heavy atom. The zero-order chi connectivity index (χ0) is 35.9. The van der Waals surface area contributed by atoms with E-state index in [4.69, 9.17) is 14.6 Å².